The molecule has 0 aliphatic carbocycles. The first-order chi connectivity index (χ1) is 32.7. The third kappa shape index (κ3) is 6.22. The van der Waals surface area contributed by atoms with E-state index in [4.69, 9.17) is 18.8 Å². The molecule has 0 fully saturated rings. The van der Waals surface area contributed by atoms with Crippen LogP contribution in [0.2, 0.25) is 0 Å². The summed E-state index contributed by atoms with van der Waals surface area (Å²) in [6, 6.07) is 81.0. The van der Waals surface area contributed by atoms with Crippen molar-refractivity contribution in [2.45, 2.75) is 0 Å². The molecule has 0 radical (unpaired) electrons. The highest BCUT2D eigenvalue weighted by Crippen LogP contribution is 2.48. The molecule has 0 aliphatic heterocycles. The highest BCUT2D eigenvalue weighted by molar-refractivity contribution is 6.12. The van der Waals surface area contributed by atoms with E-state index in [1.807, 2.05) is 24.3 Å². The lowest BCUT2D eigenvalue weighted by Crippen LogP contribution is -2.00. The summed E-state index contributed by atoms with van der Waals surface area (Å²) in [7, 11) is 0. The van der Waals surface area contributed by atoms with Crippen LogP contribution < -0.4 is 0 Å². The van der Waals surface area contributed by atoms with Crippen molar-refractivity contribution in [2.24, 2.45) is 0 Å². The van der Waals surface area contributed by atoms with Gasteiger partial charge in [0.05, 0.1) is 11.4 Å². The van der Waals surface area contributed by atoms with Gasteiger partial charge in [-0.25, -0.2) is 9.97 Å². The Balaban J connectivity index is 1.13. The zero-order chi connectivity index (χ0) is 43.6. The van der Waals surface area contributed by atoms with Crippen LogP contribution in [-0.2, 0) is 0 Å². The van der Waals surface area contributed by atoms with E-state index in [0.717, 1.165) is 116 Å². The standard InChI is InChI=1S/C62H38N2O2/c1-3-16-39(17-4-1)40-32-34-43(35-33-40)59-53(37-36-48(58(59)42-19-5-2-6-20-42)45-25-13-21-41-18-7-8-22-44(41)45)62-63-54(51-28-14-26-49-46-23-9-11-30-56(46)65-60(49)51)38-55(64-62)52-29-15-27-50-47-24-10-12-31-57(47)66-61(50)52/h1-38H. The lowest BCUT2D eigenvalue weighted by Gasteiger charge is -2.21. The lowest BCUT2D eigenvalue weighted by molar-refractivity contribution is 0.669. The zero-order valence-corrected chi connectivity index (χ0v) is 35.7. The number of rotatable bonds is 7. The number of benzene rings is 10. The minimum absolute atomic E-state index is 0.590. The second-order valence-electron chi connectivity index (χ2n) is 16.8. The Hall–Kier alpha value is -8.86. The van der Waals surface area contributed by atoms with E-state index in [1.54, 1.807) is 0 Å². The van der Waals surface area contributed by atoms with E-state index >= 15 is 0 Å². The van der Waals surface area contributed by atoms with Gasteiger partial charge in [0, 0.05) is 43.8 Å². The third-order valence-electron chi connectivity index (χ3n) is 13.0. The molecule has 13 aromatic rings. The Bertz CT molecular complexity index is 3840. The minimum Gasteiger partial charge on any atom is -0.455 e. The van der Waals surface area contributed by atoms with Gasteiger partial charge >= 0.3 is 0 Å². The van der Waals surface area contributed by atoms with Crippen molar-refractivity contribution in [2.75, 3.05) is 0 Å². The number of aromatic nitrogens is 2. The average molecular weight is 843 g/mol. The second-order valence-corrected chi connectivity index (χ2v) is 16.8. The first kappa shape index (κ1) is 37.7. The maximum Gasteiger partial charge on any atom is 0.161 e. The van der Waals surface area contributed by atoms with Crippen LogP contribution in [0.25, 0.3) is 133 Å². The van der Waals surface area contributed by atoms with E-state index in [9.17, 15) is 0 Å². The van der Waals surface area contributed by atoms with Crippen LogP contribution in [0.1, 0.15) is 0 Å². The molecule has 0 aliphatic rings. The normalized spacial score (nSPS) is 11.6. The smallest absolute Gasteiger partial charge is 0.161 e. The van der Waals surface area contributed by atoms with Crippen LogP contribution in [-0.4, -0.2) is 9.97 Å². The van der Waals surface area contributed by atoms with Crippen molar-refractivity contribution in [3.8, 4) is 78.4 Å². The van der Waals surface area contributed by atoms with Crippen molar-refractivity contribution in [1.29, 1.82) is 0 Å². The van der Waals surface area contributed by atoms with Crippen LogP contribution in [0.5, 0.6) is 0 Å². The molecule has 0 amide bonds. The van der Waals surface area contributed by atoms with Gasteiger partial charge in [0.1, 0.15) is 22.3 Å². The minimum atomic E-state index is 0.590. The molecule has 13 rings (SSSR count). The second kappa shape index (κ2) is 15.4. The number of hydrogen-bond donors (Lipinski definition) is 0. The summed E-state index contributed by atoms with van der Waals surface area (Å²) >= 11 is 0. The fourth-order valence-corrected chi connectivity index (χ4v) is 9.88. The molecule has 0 spiro atoms. The average Bonchev–Trinajstić information content (AvgIpc) is 3.97. The van der Waals surface area contributed by atoms with Crippen LogP contribution in [0, 0.1) is 0 Å². The maximum absolute atomic E-state index is 6.68. The summed E-state index contributed by atoms with van der Waals surface area (Å²) < 4.78 is 13.4. The van der Waals surface area contributed by atoms with E-state index in [1.165, 1.54) is 10.8 Å². The molecule has 308 valence electrons. The van der Waals surface area contributed by atoms with Crippen molar-refractivity contribution >= 4 is 54.6 Å². The molecule has 66 heavy (non-hydrogen) atoms. The summed E-state index contributed by atoms with van der Waals surface area (Å²) in [5, 5.41) is 6.58. The molecule has 4 heteroatoms. The number of para-hydroxylation sites is 4. The summed E-state index contributed by atoms with van der Waals surface area (Å²) in [5.41, 5.74) is 16.3. The van der Waals surface area contributed by atoms with E-state index < -0.39 is 0 Å². The summed E-state index contributed by atoms with van der Waals surface area (Å²) in [5.74, 6) is 0.590. The maximum atomic E-state index is 6.68. The van der Waals surface area contributed by atoms with E-state index in [0.29, 0.717) is 5.82 Å². The SMILES string of the molecule is c1ccc(-c2ccc(-c3c(-c4nc(-c5cccc6c5oc5ccccc56)cc(-c5cccc6c5oc5ccccc56)n4)ccc(-c4cccc5ccccc45)c3-c3ccccc3)cc2)cc1. The summed E-state index contributed by atoms with van der Waals surface area (Å²) in [6.45, 7) is 0. The fraction of sp³-hybridized carbons (Fsp3) is 0. The van der Waals surface area contributed by atoms with Gasteiger partial charge in [-0.3, -0.25) is 0 Å². The van der Waals surface area contributed by atoms with Crippen LogP contribution in [0.3, 0.4) is 0 Å². The Morgan fingerprint density at radius 1 is 0.273 bits per heavy atom. The fourth-order valence-electron chi connectivity index (χ4n) is 9.88. The van der Waals surface area contributed by atoms with Gasteiger partial charge in [-0.2, -0.15) is 0 Å². The van der Waals surface area contributed by atoms with Gasteiger partial charge in [-0.15, -0.1) is 0 Å². The van der Waals surface area contributed by atoms with Crippen LogP contribution >= 0.6 is 0 Å². The highest BCUT2D eigenvalue weighted by Gasteiger charge is 2.25. The highest BCUT2D eigenvalue weighted by atomic mass is 16.3. The molecule has 0 unspecified atom stereocenters. The van der Waals surface area contributed by atoms with E-state index in [-0.39, 0.29) is 0 Å². The van der Waals surface area contributed by atoms with Gasteiger partial charge < -0.3 is 8.83 Å². The third-order valence-corrected chi connectivity index (χ3v) is 13.0. The Labute approximate surface area is 380 Å². The van der Waals surface area contributed by atoms with Crippen LogP contribution in [0.15, 0.2) is 239 Å². The predicted molar refractivity (Wildman–Crippen MR) is 272 cm³/mol. The van der Waals surface area contributed by atoms with Gasteiger partial charge in [-0.1, -0.05) is 194 Å². The molecular weight excluding hydrogens is 805 g/mol. The first-order valence-electron chi connectivity index (χ1n) is 22.3. The quantitative estimate of drug-likeness (QED) is 0.160. The molecule has 3 heterocycles. The van der Waals surface area contributed by atoms with Gasteiger partial charge in [-0.05, 0) is 86.1 Å². The molecule has 3 aromatic heterocycles. The summed E-state index contributed by atoms with van der Waals surface area (Å²) in [4.78, 5) is 11.2. The number of hydrogen-bond acceptors (Lipinski definition) is 4. The molecule has 0 saturated heterocycles. The van der Waals surface area contributed by atoms with Crippen molar-refractivity contribution < 1.29 is 8.83 Å². The van der Waals surface area contributed by atoms with Gasteiger partial charge in [0.2, 0.25) is 0 Å². The molecule has 4 nitrogen and oxygen atoms in total. The van der Waals surface area contributed by atoms with E-state index in [2.05, 4.69) is 206 Å². The van der Waals surface area contributed by atoms with Crippen molar-refractivity contribution in [3.63, 3.8) is 0 Å². The molecule has 0 N–H and O–H groups in total. The monoisotopic (exact) mass is 842 g/mol. The predicted octanol–water partition coefficient (Wildman–Crippen LogP) is 17.1. The largest absolute Gasteiger partial charge is 0.455 e. The van der Waals surface area contributed by atoms with Crippen molar-refractivity contribution in [3.05, 3.63) is 231 Å². The summed E-state index contributed by atoms with van der Waals surface area (Å²) in [6.07, 6.45) is 0. The topological polar surface area (TPSA) is 52.1 Å². The van der Waals surface area contributed by atoms with Gasteiger partial charge in [0.15, 0.2) is 5.82 Å². The Kier molecular flexibility index (Phi) is 8.81. The van der Waals surface area contributed by atoms with Crippen molar-refractivity contribution in [1.82, 2.24) is 9.97 Å². The molecule has 0 atom stereocenters. The molecular formula is C62H38N2O2. The molecule has 10 aromatic carbocycles. The Morgan fingerprint density at radius 3 is 1.33 bits per heavy atom. The molecule has 0 saturated carbocycles. The number of nitrogens with zero attached hydrogens (tertiary/aromatic N) is 2. The molecule has 0 bridgehead atoms. The lowest BCUT2D eigenvalue weighted by atomic mass is 9.83. The van der Waals surface area contributed by atoms with Gasteiger partial charge in [0.25, 0.3) is 0 Å². The first-order valence-corrected chi connectivity index (χ1v) is 22.3. The van der Waals surface area contributed by atoms with Crippen LogP contribution in [0.4, 0.5) is 0 Å². The Morgan fingerprint density at radius 2 is 0.697 bits per heavy atom. The number of fused-ring (bicyclic) bond motifs is 7. The zero-order valence-electron chi connectivity index (χ0n) is 35.7. The number of furan rings is 2.